The minimum Gasteiger partial charge on any atom is -0.453 e. The number of nitrogens with one attached hydrogen (secondary N) is 1. The Bertz CT molecular complexity index is 943. The predicted molar refractivity (Wildman–Crippen MR) is 125 cm³/mol. The molecule has 0 bridgehead atoms. The third kappa shape index (κ3) is 5.03. The zero-order valence-corrected chi connectivity index (χ0v) is 19.0. The maximum atomic E-state index is 13.5. The van der Waals surface area contributed by atoms with Crippen LogP contribution in [-0.2, 0) is 4.74 Å². The molecule has 5 atom stereocenters. The lowest BCUT2D eigenvalue weighted by molar-refractivity contribution is 0.0495. The number of benzene rings is 1. The average Bonchev–Trinajstić information content (AvgIpc) is 2.82. The Hall–Kier alpha value is -2.69. The van der Waals surface area contributed by atoms with Gasteiger partial charge in [0.15, 0.2) is 0 Å². The molecule has 2 saturated carbocycles. The summed E-state index contributed by atoms with van der Waals surface area (Å²) < 4.78 is 18.4. The van der Waals surface area contributed by atoms with Gasteiger partial charge in [0.05, 0.1) is 12.8 Å². The number of rotatable bonds is 5. The Morgan fingerprint density at radius 3 is 2.78 bits per heavy atom. The number of hydrogen-bond donors (Lipinski definition) is 1. The fourth-order valence-corrected chi connectivity index (χ4v) is 5.89. The van der Waals surface area contributed by atoms with Gasteiger partial charge in [0.25, 0.3) is 0 Å². The molecule has 1 aromatic heterocycles. The second kappa shape index (κ2) is 10.3. The zero-order valence-electron chi connectivity index (χ0n) is 19.0. The summed E-state index contributed by atoms with van der Waals surface area (Å²) in [5, 5.41) is 3.12. The molecule has 2 aliphatic carbocycles. The molecule has 1 amide bonds. The fourth-order valence-electron chi connectivity index (χ4n) is 5.89. The summed E-state index contributed by atoms with van der Waals surface area (Å²) in [6.07, 6.45) is 13.0. The molecule has 170 valence electrons. The van der Waals surface area contributed by atoms with Crippen LogP contribution >= 0.6 is 0 Å². The highest BCUT2D eigenvalue weighted by Crippen LogP contribution is 2.48. The first-order valence-electron chi connectivity index (χ1n) is 11.8. The Labute approximate surface area is 190 Å². The van der Waals surface area contributed by atoms with Crippen LogP contribution in [0.4, 0.5) is 9.18 Å². The Balaban J connectivity index is 1.54. The minimum absolute atomic E-state index is 0.143. The number of ether oxygens (including phenoxy) is 1. The van der Waals surface area contributed by atoms with Crippen LogP contribution in [0.2, 0.25) is 0 Å². The van der Waals surface area contributed by atoms with E-state index in [0.717, 1.165) is 29.7 Å². The number of alkyl carbamates (subject to hydrolysis) is 1. The topological polar surface area (TPSA) is 51.2 Å². The van der Waals surface area contributed by atoms with Gasteiger partial charge in [0, 0.05) is 17.8 Å². The van der Waals surface area contributed by atoms with Crippen LogP contribution in [-0.4, -0.2) is 24.2 Å². The van der Waals surface area contributed by atoms with Gasteiger partial charge >= 0.3 is 6.09 Å². The maximum Gasteiger partial charge on any atom is 0.407 e. The Morgan fingerprint density at radius 2 is 2.06 bits per heavy atom. The van der Waals surface area contributed by atoms with Crippen LogP contribution in [0.5, 0.6) is 0 Å². The fraction of sp³-hybridized carbons (Fsp3) is 0.481. The van der Waals surface area contributed by atoms with E-state index < -0.39 is 0 Å². The van der Waals surface area contributed by atoms with Crippen molar-refractivity contribution in [1.82, 2.24) is 10.3 Å². The van der Waals surface area contributed by atoms with Gasteiger partial charge in [-0.2, -0.15) is 0 Å². The molecule has 4 rings (SSSR count). The molecular weight excluding hydrogens is 403 g/mol. The number of aromatic nitrogens is 1. The van der Waals surface area contributed by atoms with Gasteiger partial charge in [-0.1, -0.05) is 56.9 Å². The molecular formula is C27H33FN2O2. The lowest BCUT2D eigenvalue weighted by atomic mass is 9.59. The molecule has 0 radical (unpaired) electrons. The molecule has 2 aromatic rings. The van der Waals surface area contributed by atoms with E-state index in [1.54, 1.807) is 12.3 Å². The SMILES string of the molecule is CCC1[C@@H](/C=C/c2ccc(-c3cccc(F)c3)cn2)C2CCCC[C@H]2C[C@@H]1NC(=O)OC. The smallest absolute Gasteiger partial charge is 0.407 e. The zero-order chi connectivity index (χ0) is 22.5. The summed E-state index contributed by atoms with van der Waals surface area (Å²) in [6, 6.07) is 10.7. The minimum atomic E-state index is -0.333. The van der Waals surface area contributed by atoms with Crippen molar-refractivity contribution in [3.63, 3.8) is 0 Å². The van der Waals surface area contributed by atoms with Crippen molar-refractivity contribution in [3.05, 3.63) is 60.2 Å². The molecule has 2 aliphatic rings. The van der Waals surface area contributed by atoms with E-state index in [4.69, 9.17) is 4.74 Å². The highest BCUT2D eigenvalue weighted by molar-refractivity contribution is 5.67. The van der Waals surface area contributed by atoms with E-state index >= 15 is 0 Å². The number of nitrogens with zero attached hydrogens (tertiary/aromatic N) is 1. The summed E-state index contributed by atoms with van der Waals surface area (Å²) in [4.78, 5) is 16.6. The van der Waals surface area contributed by atoms with Gasteiger partial charge < -0.3 is 10.1 Å². The Morgan fingerprint density at radius 1 is 1.22 bits per heavy atom. The number of pyridine rings is 1. The molecule has 0 saturated heterocycles. The molecule has 1 N–H and O–H groups in total. The summed E-state index contributed by atoms with van der Waals surface area (Å²) in [6.45, 7) is 2.21. The second-order valence-electron chi connectivity index (χ2n) is 9.18. The van der Waals surface area contributed by atoms with Crippen LogP contribution in [0.3, 0.4) is 0 Å². The van der Waals surface area contributed by atoms with Gasteiger partial charge in [-0.05, 0) is 66.4 Å². The van der Waals surface area contributed by atoms with Crippen LogP contribution in [0.25, 0.3) is 17.2 Å². The van der Waals surface area contributed by atoms with Crippen molar-refractivity contribution in [3.8, 4) is 11.1 Å². The van der Waals surface area contributed by atoms with Crippen molar-refractivity contribution < 1.29 is 13.9 Å². The molecule has 0 aliphatic heterocycles. The molecule has 4 nitrogen and oxygen atoms in total. The largest absolute Gasteiger partial charge is 0.453 e. The third-order valence-electron chi connectivity index (χ3n) is 7.42. The molecule has 5 heteroatoms. The second-order valence-corrected chi connectivity index (χ2v) is 9.18. The number of carbonyl (C=O) groups excluding carboxylic acids is 1. The number of allylic oxidation sites excluding steroid dienone is 1. The normalized spacial score (nSPS) is 27.7. The predicted octanol–water partition coefficient (Wildman–Crippen LogP) is 6.48. The van der Waals surface area contributed by atoms with Crippen molar-refractivity contribution in [2.75, 3.05) is 7.11 Å². The van der Waals surface area contributed by atoms with Crippen molar-refractivity contribution in [2.45, 2.75) is 51.5 Å². The number of hydrogen-bond acceptors (Lipinski definition) is 3. The molecule has 2 unspecified atom stereocenters. The van der Waals surface area contributed by atoms with E-state index in [-0.39, 0.29) is 18.0 Å². The van der Waals surface area contributed by atoms with Crippen LogP contribution in [0.15, 0.2) is 48.7 Å². The lowest BCUT2D eigenvalue weighted by Gasteiger charge is -2.48. The van der Waals surface area contributed by atoms with Crippen molar-refractivity contribution >= 4 is 12.2 Å². The van der Waals surface area contributed by atoms with Crippen LogP contribution in [0, 0.1) is 29.5 Å². The quantitative estimate of drug-likeness (QED) is 0.584. The van der Waals surface area contributed by atoms with Crippen molar-refractivity contribution in [1.29, 1.82) is 0 Å². The van der Waals surface area contributed by atoms with Gasteiger partial charge in [-0.25, -0.2) is 9.18 Å². The lowest BCUT2D eigenvalue weighted by Crippen LogP contribution is -2.51. The molecule has 1 aromatic carbocycles. The van der Waals surface area contributed by atoms with Crippen molar-refractivity contribution in [2.24, 2.45) is 23.7 Å². The van der Waals surface area contributed by atoms with E-state index in [2.05, 4.69) is 29.4 Å². The molecule has 2 fully saturated rings. The first-order chi connectivity index (χ1) is 15.6. The van der Waals surface area contributed by atoms with Gasteiger partial charge in [0.2, 0.25) is 0 Å². The molecule has 32 heavy (non-hydrogen) atoms. The van der Waals surface area contributed by atoms with Gasteiger partial charge in [0.1, 0.15) is 5.82 Å². The van der Waals surface area contributed by atoms with Gasteiger partial charge in [-0.15, -0.1) is 0 Å². The number of fused-ring (bicyclic) bond motifs is 1. The van der Waals surface area contributed by atoms with Gasteiger partial charge in [-0.3, -0.25) is 4.98 Å². The maximum absolute atomic E-state index is 13.5. The summed E-state index contributed by atoms with van der Waals surface area (Å²) in [7, 11) is 1.43. The van der Waals surface area contributed by atoms with Crippen LogP contribution < -0.4 is 5.32 Å². The standard InChI is InChI=1S/C27H33FN2O2/c1-3-23-25(24-10-5-4-7-19(24)16-26(23)30-27(31)32-2)14-13-22-12-11-20(17-29-22)18-8-6-9-21(28)15-18/h6,8-9,11-15,17,19,23-26H,3-5,7,10,16H2,1-2H3,(H,30,31)/b14-13+/t19-,23?,24?,25+,26-/m0/s1. The van der Waals surface area contributed by atoms with Crippen LogP contribution in [0.1, 0.15) is 51.1 Å². The van der Waals surface area contributed by atoms with E-state index in [1.807, 2.05) is 18.2 Å². The van der Waals surface area contributed by atoms with E-state index in [9.17, 15) is 9.18 Å². The monoisotopic (exact) mass is 436 g/mol. The van der Waals surface area contributed by atoms with E-state index in [0.29, 0.717) is 23.7 Å². The number of carbonyl (C=O) groups is 1. The highest BCUT2D eigenvalue weighted by Gasteiger charge is 2.43. The summed E-state index contributed by atoms with van der Waals surface area (Å²) in [5.74, 6) is 1.85. The third-order valence-corrected chi connectivity index (χ3v) is 7.42. The average molecular weight is 437 g/mol. The highest BCUT2D eigenvalue weighted by atomic mass is 19.1. The first-order valence-corrected chi connectivity index (χ1v) is 11.8. The number of halogens is 1. The molecule has 0 spiro atoms. The summed E-state index contributed by atoms with van der Waals surface area (Å²) >= 11 is 0. The Kier molecular flexibility index (Phi) is 7.23. The first kappa shape index (κ1) is 22.5. The number of amides is 1. The van der Waals surface area contributed by atoms with E-state index in [1.165, 1.54) is 44.9 Å². The molecule has 1 heterocycles. The number of methoxy groups -OCH3 is 1. The summed E-state index contributed by atoms with van der Waals surface area (Å²) in [5.41, 5.74) is 2.63.